The van der Waals surface area contributed by atoms with Gasteiger partial charge in [0.2, 0.25) is 0 Å². The Morgan fingerprint density at radius 2 is 1.97 bits per heavy atom. The molecule has 2 heterocycles. The number of pyridine rings is 1. The zero-order valence-electron chi connectivity index (χ0n) is 19.6. The average molecular weight is 459 g/mol. The topological polar surface area (TPSA) is 122 Å². The molecular formula is C24H34N4O5. The maximum Gasteiger partial charge on any atom is 0.326 e. The van der Waals surface area contributed by atoms with Crippen LogP contribution in [0.3, 0.4) is 0 Å². The van der Waals surface area contributed by atoms with E-state index in [-0.39, 0.29) is 24.3 Å². The van der Waals surface area contributed by atoms with Gasteiger partial charge in [0.25, 0.3) is 5.91 Å². The number of hydrogen-bond donors (Lipinski definition) is 3. The molecule has 1 saturated carbocycles. The van der Waals surface area contributed by atoms with Crippen LogP contribution >= 0.6 is 0 Å². The van der Waals surface area contributed by atoms with E-state index < -0.39 is 17.9 Å². The normalized spacial score (nSPS) is 16.2. The highest BCUT2D eigenvalue weighted by Crippen LogP contribution is 2.36. The Labute approximate surface area is 193 Å². The first kappa shape index (κ1) is 24.5. The van der Waals surface area contributed by atoms with Crippen molar-refractivity contribution in [3.63, 3.8) is 0 Å². The van der Waals surface area contributed by atoms with Gasteiger partial charge in [-0.2, -0.15) is 0 Å². The van der Waals surface area contributed by atoms with Crippen LogP contribution in [0, 0.1) is 5.92 Å². The first-order chi connectivity index (χ1) is 15.8. The van der Waals surface area contributed by atoms with Gasteiger partial charge in [0, 0.05) is 17.7 Å². The lowest BCUT2D eigenvalue weighted by Crippen LogP contribution is -2.45. The molecule has 1 aliphatic rings. The van der Waals surface area contributed by atoms with Crippen LogP contribution < -0.4 is 10.6 Å². The maximum absolute atomic E-state index is 12.8. The molecular weight excluding hydrogens is 424 g/mol. The number of fused-ring (bicyclic) bond motifs is 1. The molecule has 1 fully saturated rings. The lowest BCUT2D eigenvalue weighted by Gasteiger charge is -2.21. The van der Waals surface area contributed by atoms with Gasteiger partial charge in [-0.25, -0.2) is 9.78 Å². The summed E-state index contributed by atoms with van der Waals surface area (Å²) in [7, 11) is 0. The molecule has 2 aromatic rings. The molecule has 1 amide bonds. The summed E-state index contributed by atoms with van der Waals surface area (Å²) in [5, 5.41) is 15.3. The molecule has 0 spiro atoms. The smallest absolute Gasteiger partial charge is 0.326 e. The van der Waals surface area contributed by atoms with E-state index in [1.54, 1.807) is 32.2 Å². The predicted molar refractivity (Wildman–Crippen MR) is 124 cm³/mol. The van der Waals surface area contributed by atoms with E-state index >= 15 is 0 Å². The fourth-order valence-corrected chi connectivity index (χ4v) is 4.32. The summed E-state index contributed by atoms with van der Waals surface area (Å²) in [5.74, 6) is -1.03. The predicted octanol–water partition coefficient (Wildman–Crippen LogP) is 3.59. The number of nitrogens with zero attached hydrogens (tertiary/aromatic N) is 2. The molecule has 33 heavy (non-hydrogen) atoms. The molecule has 0 bridgehead atoms. The summed E-state index contributed by atoms with van der Waals surface area (Å²) in [6.45, 7) is 5.80. The molecule has 2 aromatic heterocycles. The van der Waals surface area contributed by atoms with Gasteiger partial charge in [-0.15, -0.1) is 0 Å². The third-order valence-corrected chi connectivity index (χ3v) is 6.38. The van der Waals surface area contributed by atoms with Crippen molar-refractivity contribution in [2.45, 2.75) is 71.3 Å². The van der Waals surface area contributed by atoms with Crippen LogP contribution in [0.5, 0.6) is 0 Å². The van der Waals surface area contributed by atoms with Crippen LogP contribution in [-0.2, 0) is 14.3 Å². The van der Waals surface area contributed by atoms with E-state index in [9.17, 15) is 19.5 Å². The largest absolute Gasteiger partial charge is 0.480 e. The van der Waals surface area contributed by atoms with Gasteiger partial charge in [-0.1, -0.05) is 39.5 Å². The van der Waals surface area contributed by atoms with E-state index in [0.717, 1.165) is 37.2 Å². The van der Waals surface area contributed by atoms with Crippen LogP contribution in [0.4, 0.5) is 5.82 Å². The molecule has 2 unspecified atom stereocenters. The van der Waals surface area contributed by atoms with Crippen molar-refractivity contribution < 1.29 is 24.2 Å². The van der Waals surface area contributed by atoms with Crippen LogP contribution in [0.25, 0.3) is 5.65 Å². The molecule has 9 heteroatoms. The highest BCUT2D eigenvalue weighted by atomic mass is 16.5. The Morgan fingerprint density at radius 1 is 1.24 bits per heavy atom. The van der Waals surface area contributed by atoms with Crippen molar-refractivity contribution in [1.29, 1.82) is 0 Å². The van der Waals surface area contributed by atoms with Crippen LogP contribution in [-0.4, -0.2) is 51.5 Å². The summed E-state index contributed by atoms with van der Waals surface area (Å²) >= 11 is 0. The van der Waals surface area contributed by atoms with E-state index in [2.05, 4.69) is 10.6 Å². The summed E-state index contributed by atoms with van der Waals surface area (Å²) in [5.41, 5.74) is 1.80. The second-order valence-electron chi connectivity index (χ2n) is 8.66. The van der Waals surface area contributed by atoms with E-state index in [4.69, 9.17) is 9.72 Å². The fourth-order valence-electron chi connectivity index (χ4n) is 4.32. The van der Waals surface area contributed by atoms with Crippen molar-refractivity contribution in [3.8, 4) is 0 Å². The Hall–Kier alpha value is -3.10. The molecule has 9 nitrogen and oxygen atoms in total. The number of hydrogen-bond acceptors (Lipinski definition) is 6. The van der Waals surface area contributed by atoms with Crippen LogP contribution in [0.1, 0.15) is 81.3 Å². The highest BCUT2D eigenvalue weighted by molar-refractivity contribution is 5.97. The van der Waals surface area contributed by atoms with Gasteiger partial charge in [0.1, 0.15) is 24.1 Å². The van der Waals surface area contributed by atoms with Gasteiger partial charge in [0.05, 0.1) is 12.3 Å². The Bertz CT molecular complexity index is 996. The molecule has 0 saturated heterocycles. The third kappa shape index (κ3) is 5.83. The third-order valence-electron chi connectivity index (χ3n) is 6.38. The van der Waals surface area contributed by atoms with Gasteiger partial charge in [-0.05, 0) is 37.8 Å². The van der Waals surface area contributed by atoms with Gasteiger partial charge >= 0.3 is 11.9 Å². The number of carbonyl (C=O) groups excluding carboxylic acids is 2. The molecule has 2 atom stereocenters. The van der Waals surface area contributed by atoms with Gasteiger partial charge in [-0.3, -0.25) is 14.0 Å². The second-order valence-corrected chi connectivity index (χ2v) is 8.66. The molecule has 180 valence electrons. The fraction of sp³-hybridized carbons (Fsp3) is 0.583. The molecule has 3 rings (SSSR count). The number of rotatable bonds is 10. The minimum atomic E-state index is -1.05. The van der Waals surface area contributed by atoms with Crippen molar-refractivity contribution in [1.82, 2.24) is 14.7 Å². The van der Waals surface area contributed by atoms with Crippen LogP contribution in [0.15, 0.2) is 18.3 Å². The number of carbonyl (C=O) groups is 3. The minimum absolute atomic E-state index is 0.0266. The minimum Gasteiger partial charge on any atom is -0.480 e. The monoisotopic (exact) mass is 458 g/mol. The van der Waals surface area contributed by atoms with Crippen molar-refractivity contribution in [3.05, 3.63) is 29.6 Å². The number of imidazole rings is 1. The first-order valence-electron chi connectivity index (χ1n) is 11.8. The van der Waals surface area contributed by atoms with E-state index in [1.165, 1.54) is 6.42 Å². The lowest BCUT2D eigenvalue weighted by molar-refractivity contribution is -0.141. The van der Waals surface area contributed by atoms with E-state index in [0.29, 0.717) is 24.2 Å². The molecule has 0 aliphatic heterocycles. The maximum atomic E-state index is 12.8. The summed E-state index contributed by atoms with van der Waals surface area (Å²) < 4.78 is 6.88. The van der Waals surface area contributed by atoms with Crippen molar-refractivity contribution in [2.75, 3.05) is 18.5 Å². The zero-order valence-corrected chi connectivity index (χ0v) is 19.6. The Morgan fingerprint density at radius 3 is 2.61 bits per heavy atom. The Balaban J connectivity index is 1.90. The number of esters is 1. The number of aliphatic carboxylic acids is 1. The number of aromatic nitrogens is 2. The molecule has 3 N–H and O–H groups in total. The number of carboxylic acid groups (broad SMARTS) is 1. The average Bonchev–Trinajstić information content (AvgIpc) is 3.18. The quantitative estimate of drug-likeness (QED) is 0.465. The zero-order chi connectivity index (χ0) is 24.0. The van der Waals surface area contributed by atoms with Crippen molar-refractivity contribution >= 4 is 29.3 Å². The SMILES string of the molecule is CCOC(=O)CNc1c(C2CCCCC2)nc2cc(C(=O)NC(C(=O)O)C(C)CC)ccn12. The standard InChI is InChI=1S/C24H34N4O5/c1-4-15(3)20(24(31)32)27-23(30)17-11-12-28-18(13-17)26-21(16-9-7-6-8-10-16)22(28)25-14-19(29)33-5-2/h11-13,15-16,20,25H,4-10,14H2,1-3H3,(H,27,30)(H,31,32). The van der Waals surface area contributed by atoms with Gasteiger partial charge in [0.15, 0.2) is 0 Å². The molecule has 0 radical (unpaired) electrons. The second kappa shape index (κ2) is 11.2. The molecule has 1 aliphatic carbocycles. The Kier molecular flexibility index (Phi) is 8.30. The molecule has 0 aromatic carbocycles. The number of carboxylic acids is 1. The lowest BCUT2D eigenvalue weighted by atomic mass is 9.87. The first-order valence-corrected chi connectivity index (χ1v) is 11.8. The van der Waals surface area contributed by atoms with E-state index in [1.807, 2.05) is 11.3 Å². The summed E-state index contributed by atoms with van der Waals surface area (Å²) in [6.07, 6.45) is 7.90. The number of nitrogens with one attached hydrogen (secondary N) is 2. The summed E-state index contributed by atoms with van der Waals surface area (Å²) in [6, 6.07) is 2.34. The highest BCUT2D eigenvalue weighted by Gasteiger charge is 2.27. The van der Waals surface area contributed by atoms with Crippen molar-refractivity contribution in [2.24, 2.45) is 5.92 Å². The number of amides is 1. The number of anilines is 1. The van der Waals surface area contributed by atoms with Crippen LogP contribution in [0.2, 0.25) is 0 Å². The summed E-state index contributed by atoms with van der Waals surface area (Å²) in [4.78, 5) is 41.2. The number of ether oxygens (including phenoxy) is 1. The van der Waals surface area contributed by atoms with Gasteiger partial charge < -0.3 is 20.5 Å².